The molecule has 0 saturated heterocycles. The third-order valence-corrected chi connectivity index (χ3v) is 1.75. The van der Waals surface area contributed by atoms with Crippen LogP contribution in [0.2, 0.25) is 5.02 Å². The zero-order chi connectivity index (χ0) is 9.68. The first kappa shape index (κ1) is 10.4. The van der Waals surface area contributed by atoms with E-state index in [9.17, 15) is 4.79 Å². The van der Waals surface area contributed by atoms with E-state index in [-0.39, 0.29) is 5.91 Å². The number of hydrogen-bond acceptors (Lipinski definition) is 1. The first-order valence-corrected chi connectivity index (χ1v) is 4.86. The van der Waals surface area contributed by atoms with Crippen LogP contribution in [0, 0.1) is 9.85 Å². The molecule has 1 amide bonds. The Morgan fingerprint density at radius 2 is 2.31 bits per heavy atom. The Morgan fingerprint density at radius 3 is 2.92 bits per heavy atom. The van der Waals surface area contributed by atoms with Crippen molar-refractivity contribution in [3.63, 3.8) is 0 Å². The van der Waals surface area contributed by atoms with E-state index in [1.54, 1.807) is 46.9 Å². The summed E-state index contributed by atoms with van der Waals surface area (Å²) in [5.74, 6) is 2.02. The molecule has 1 aromatic carbocycles. The molecule has 1 N–H and O–H groups in total. The van der Waals surface area contributed by atoms with Gasteiger partial charge in [0.2, 0.25) is 0 Å². The molecule has 0 unspecified atom stereocenters. The van der Waals surface area contributed by atoms with Crippen molar-refractivity contribution in [2.45, 2.75) is 0 Å². The number of carbonyl (C=O) groups is 1. The average molecular weight is 306 g/mol. The van der Waals surface area contributed by atoms with Crippen molar-refractivity contribution in [1.29, 1.82) is 0 Å². The molecule has 0 saturated carbocycles. The van der Waals surface area contributed by atoms with Gasteiger partial charge < -0.3 is 5.32 Å². The molecule has 4 heteroatoms. The Bertz CT molecular complexity index is 381. The largest absolute Gasteiger partial charge is 0.315 e. The number of amides is 1. The maximum atomic E-state index is 11.0. The third-order valence-electron chi connectivity index (χ3n) is 1.24. The second-order valence-electron chi connectivity index (χ2n) is 2.18. The minimum Gasteiger partial charge on any atom is -0.315 e. The summed E-state index contributed by atoms with van der Waals surface area (Å²) in [6.07, 6.45) is 0. The quantitative estimate of drug-likeness (QED) is 0.627. The van der Waals surface area contributed by atoms with Gasteiger partial charge in [-0.15, -0.1) is 0 Å². The maximum Gasteiger partial charge on any atom is 0.301 e. The summed E-state index contributed by atoms with van der Waals surface area (Å²) >= 11 is 7.52. The lowest BCUT2D eigenvalue weighted by Gasteiger charge is -1.99. The highest BCUT2D eigenvalue weighted by Crippen LogP contribution is 2.14. The Morgan fingerprint density at radius 1 is 1.54 bits per heavy atom. The van der Waals surface area contributed by atoms with Crippen molar-refractivity contribution in [2.24, 2.45) is 0 Å². The SMILES string of the molecule is O=C(C#CI)Nc1cccc(Cl)c1. The smallest absolute Gasteiger partial charge is 0.301 e. The van der Waals surface area contributed by atoms with Gasteiger partial charge >= 0.3 is 5.91 Å². The van der Waals surface area contributed by atoms with Gasteiger partial charge in [0.05, 0.1) is 0 Å². The lowest BCUT2D eigenvalue weighted by molar-refractivity contribution is -0.111. The third kappa shape index (κ3) is 3.66. The van der Waals surface area contributed by atoms with Crippen molar-refractivity contribution in [3.05, 3.63) is 29.3 Å². The van der Waals surface area contributed by atoms with Gasteiger partial charge in [-0.3, -0.25) is 4.79 Å². The zero-order valence-electron chi connectivity index (χ0n) is 6.47. The molecule has 66 valence electrons. The lowest BCUT2D eigenvalue weighted by Crippen LogP contribution is -2.07. The van der Waals surface area contributed by atoms with Crippen LogP contribution in [0.25, 0.3) is 0 Å². The summed E-state index contributed by atoms with van der Waals surface area (Å²) in [7, 11) is 0. The van der Waals surface area contributed by atoms with E-state index in [2.05, 4.69) is 15.2 Å². The van der Waals surface area contributed by atoms with Gasteiger partial charge in [-0.05, 0) is 22.1 Å². The Labute approximate surface area is 94.8 Å². The molecular weight excluding hydrogens is 300 g/mol. The van der Waals surface area contributed by atoms with E-state index in [0.717, 1.165) is 0 Å². The van der Waals surface area contributed by atoms with Crippen LogP contribution in [0.15, 0.2) is 24.3 Å². The first-order chi connectivity index (χ1) is 6.22. The van der Waals surface area contributed by atoms with Gasteiger partial charge in [-0.2, -0.15) is 0 Å². The van der Waals surface area contributed by atoms with Crippen molar-refractivity contribution in [1.82, 2.24) is 0 Å². The molecule has 0 spiro atoms. The molecule has 0 fully saturated rings. The number of carbonyl (C=O) groups excluding carboxylic acids is 1. The molecule has 1 aromatic rings. The van der Waals surface area contributed by atoms with Crippen molar-refractivity contribution < 1.29 is 4.79 Å². The summed E-state index contributed by atoms with van der Waals surface area (Å²) in [5.41, 5.74) is 0.650. The summed E-state index contributed by atoms with van der Waals surface area (Å²) in [6.45, 7) is 0. The molecule has 0 atom stereocenters. The number of benzene rings is 1. The molecule has 0 heterocycles. The molecule has 2 nitrogen and oxygen atoms in total. The van der Waals surface area contributed by atoms with E-state index in [1.807, 2.05) is 0 Å². The molecule has 0 bridgehead atoms. The second-order valence-corrected chi connectivity index (χ2v) is 3.16. The lowest BCUT2D eigenvalue weighted by atomic mass is 10.3. The molecule has 0 aromatic heterocycles. The zero-order valence-corrected chi connectivity index (χ0v) is 9.39. The van der Waals surface area contributed by atoms with Crippen molar-refractivity contribution in [2.75, 3.05) is 5.32 Å². The summed E-state index contributed by atoms with van der Waals surface area (Å²) in [6, 6.07) is 6.91. The molecule has 1 rings (SSSR count). The number of nitrogens with one attached hydrogen (secondary N) is 1. The molecule has 0 radical (unpaired) electrons. The van der Waals surface area contributed by atoms with Crippen LogP contribution in [0.4, 0.5) is 5.69 Å². The minimum atomic E-state index is -0.336. The van der Waals surface area contributed by atoms with Crippen LogP contribution < -0.4 is 5.32 Å². The highest BCUT2D eigenvalue weighted by molar-refractivity contribution is 14.1. The number of hydrogen-bond donors (Lipinski definition) is 1. The molecule has 13 heavy (non-hydrogen) atoms. The van der Waals surface area contributed by atoms with Crippen LogP contribution in [0.1, 0.15) is 0 Å². The second kappa shape index (κ2) is 5.10. The van der Waals surface area contributed by atoms with E-state index in [0.29, 0.717) is 10.7 Å². The summed E-state index contributed by atoms with van der Waals surface area (Å²) < 4.78 is 2.48. The number of rotatable bonds is 1. The topological polar surface area (TPSA) is 29.1 Å². The highest BCUT2D eigenvalue weighted by Gasteiger charge is 1.97. The van der Waals surface area contributed by atoms with E-state index in [1.165, 1.54) is 0 Å². The minimum absolute atomic E-state index is 0.336. The predicted octanol–water partition coefficient (Wildman–Crippen LogP) is 2.67. The fraction of sp³-hybridized carbons (Fsp3) is 0. The van der Waals surface area contributed by atoms with Crippen LogP contribution in [-0.2, 0) is 4.79 Å². The van der Waals surface area contributed by atoms with Crippen LogP contribution in [0.5, 0.6) is 0 Å². The normalized spacial score (nSPS) is 8.46. The number of anilines is 1. The fourth-order valence-corrected chi connectivity index (χ4v) is 1.21. The van der Waals surface area contributed by atoms with E-state index in [4.69, 9.17) is 11.6 Å². The molecule has 0 aliphatic rings. The summed E-state index contributed by atoms with van der Waals surface area (Å²) in [4.78, 5) is 11.0. The van der Waals surface area contributed by atoms with Crippen LogP contribution in [-0.4, -0.2) is 5.91 Å². The Kier molecular flexibility index (Phi) is 4.06. The first-order valence-electron chi connectivity index (χ1n) is 3.40. The highest BCUT2D eigenvalue weighted by atomic mass is 127. The van der Waals surface area contributed by atoms with Crippen molar-refractivity contribution in [3.8, 4) is 9.85 Å². The Hall–Kier alpha value is -0.730. The Balaban J connectivity index is 2.73. The van der Waals surface area contributed by atoms with Crippen LogP contribution >= 0.6 is 34.2 Å². The van der Waals surface area contributed by atoms with Gasteiger partial charge in [0, 0.05) is 39.2 Å². The fourth-order valence-electron chi connectivity index (χ4n) is 0.771. The average Bonchev–Trinajstić information content (AvgIpc) is 2.04. The molecule has 0 aliphatic heterocycles. The summed E-state index contributed by atoms with van der Waals surface area (Å²) in [5, 5.41) is 3.17. The van der Waals surface area contributed by atoms with Gasteiger partial charge in [0.1, 0.15) is 0 Å². The maximum absolute atomic E-state index is 11.0. The van der Waals surface area contributed by atoms with Crippen LogP contribution in [0.3, 0.4) is 0 Å². The predicted molar refractivity (Wildman–Crippen MR) is 61.9 cm³/mol. The number of halogens is 2. The monoisotopic (exact) mass is 305 g/mol. The molecule has 0 aliphatic carbocycles. The van der Waals surface area contributed by atoms with E-state index >= 15 is 0 Å². The van der Waals surface area contributed by atoms with Gasteiger partial charge in [-0.1, -0.05) is 17.7 Å². The van der Waals surface area contributed by atoms with Gasteiger partial charge in [0.15, 0.2) is 0 Å². The van der Waals surface area contributed by atoms with Crippen molar-refractivity contribution >= 4 is 45.8 Å². The van der Waals surface area contributed by atoms with E-state index < -0.39 is 0 Å². The molecular formula is C9H5ClINO. The standard InChI is InChI=1S/C9H5ClINO/c10-7-2-1-3-8(6-7)12-9(13)4-5-11/h1-3,6H,(H,12,13). The van der Waals surface area contributed by atoms with Gasteiger partial charge in [-0.25, -0.2) is 0 Å². The van der Waals surface area contributed by atoms with Gasteiger partial charge in [0.25, 0.3) is 0 Å².